The number of benzene rings is 2. The van der Waals surface area contributed by atoms with Gasteiger partial charge in [-0.1, -0.05) is 36.4 Å². The quantitative estimate of drug-likeness (QED) is 0.466. The Labute approximate surface area is 204 Å². The summed E-state index contributed by atoms with van der Waals surface area (Å²) in [5.41, 5.74) is 3.06. The average Bonchev–Trinajstić information content (AvgIpc) is 3.18. The Balaban J connectivity index is 1.29. The molecule has 3 heterocycles. The fourth-order valence-electron chi connectivity index (χ4n) is 5.49. The number of carbonyl (C=O) groups excluding carboxylic acids is 3. The minimum absolute atomic E-state index is 0.181. The maximum Gasteiger partial charge on any atom is 0.421 e. The van der Waals surface area contributed by atoms with Gasteiger partial charge in [0, 0.05) is 37.7 Å². The minimum atomic E-state index is -1.83. The number of piperidine rings is 2. The molecule has 3 fully saturated rings. The van der Waals surface area contributed by atoms with Crippen LogP contribution < -0.4 is 9.64 Å². The second-order valence-electron chi connectivity index (χ2n) is 9.35. The van der Waals surface area contributed by atoms with Gasteiger partial charge in [-0.05, 0) is 55.5 Å². The number of hydrogen-bond acceptors (Lipinski definition) is 7. The van der Waals surface area contributed by atoms with E-state index < -0.39 is 23.6 Å². The Bertz CT molecular complexity index is 1120. The number of nitrogens with zero attached hydrogens (tertiary/aromatic N) is 2. The molecule has 35 heavy (non-hydrogen) atoms. The first-order valence-corrected chi connectivity index (χ1v) is 12.2. The van der Waals surface area contributed by atoms with E-state index in [1.54, 1.807) is 12.0 Å². The lowest BCUT2D eigenvalue weighted by Gasteiger charge is -2.37. The maximum atomic E-state index is 13.3. The Morgan fingerprint density at radius 3 is 2.51 bits per heavy atom. The molecular formula is C27H30N2O6. The van der Waals surface area contributed by atoms with Crippen molar-refractivity contribution in [3.8, 4) is 5.75 Å². The van der Waals surface area contributed by atoms with E-state index in [0.717, 1.165) is 55.9 Å². The smallest absolute Gasteiger partial charge is 0.421 e. The number of rotatable bonds is 6. The van der Waals surface area contributed by atoms with Crippen LogP contribution in [0.4, 0.5) is 5.69 Å². The first-order chi connectivity index (χ1) is 17.0. The number of hydrogen-bond donors (Lipinski definition) is 0. The molecule has 1 amide bonds. The summed E-state index contributed by atoms with van der Waals surface area (Å²) >= 11 is 0. The van der Waals surface area contributed by atoms with Crippen molar-refractivity contribution >= 4 is 23.5 Å². The highest BCUT2D eigenvalue weighted by molar-refractivity contribution is 6.32. The van der Waals surface area contributed by atoms with Crippen molar-refractivity contribution in [1.29, 1.82) is 0 Å². The highest BCUT2D eigenvalue weighted by Gasteiger charge is 2.58. The lowest BCUT2D eigenvalue weighted by atomic mass is 9.89. The van der Waals surface area contributed by atoms with Crippen LogP contribution in [0.2, 0.25) is 0 Å². The summed E-state index contributed by atoms with van der Waals surface area (Å²) in [6.45, 7) is 3.33. The lowest BCUT2D eigenvalue weighted by molar-refractivity contribution is -0.192. The summed E-state index contributed by atoms with van der Waals surface area (Å²) in [6.07, 6.45) is 3.77. The summed E-state index contributed by atoms with van der Waals surface area (Å²) in [6, 6.07) is 16.0. The molecule has 8 heteroatoms. The fraction of sp³-hybridized carbons (Fsp3) is 0.444. The zero-order chi connectivity index (χ0) is 24.4. The van der Waals surface area contributed by atoms with Crippen LogP contribution in [0.5, 0.6) is 5.75 Å². The number of amides is 1. The highest BCUT2D eigenvalue weighted by Crippen LogP contribution is 2.37. The van der Waals surface area contributed by atoms with Crippen LogP contribution in [0.3, 0.4) is 0 Å². The van der Waals surface area contributed by atoms with Crippen molar-refractivity contribution in [2.24, 2.45) is 0 Å². The molecule has 1 unspecified atom stereocenters. The van der Waals surface area contributed by atoms with Crippen molar-refractivity contribution in [3.05, 3.63) is 59.7 Å². The number of para-hydroxylation sites is 2. The summed E-state index contributed by atoms with van der Waals surface area (Å²) < 4.78 is 15.8. The van der Waals surface area contributed by atoms with Crippen molar-refractivity contribution in [1.82, 2.24) is 4.90 Å². The molecular weight excluding hydrogens is 448 g/mol. The topological polar surface area (TPSA) is 85.4 Å². The first-order valence-electron chi connectivity index (χ1n) is 12.2. The zero-order valence-corrected chi connectivity index (χ0v) is 19.9. The van der Waals surface area contributed by atoms with Gasteiger partial charge in [-0.2, -0.15) is 0 Å². The van der Waals surface area contributed by atoms with Gasteiger partial charge in [0.2, 0.25) is 0 Å². The largest absolute Gasteiger partial charge is 0.496 e. The number of esters is 2. The molecule has 2 aromatic carbocycles. The number of ether oxygens (including phenoxy) is 3. The van der Waals surface area contributed by atoms with Gasteiger partial charge in [-0.3, -0.25) is 4.79 Å². The molecule has 8 nitrogen and oxygen atoms in total. The zero-order valence-electron chi connectivity index (χ0n) is 19.9. The molecule has 0 aliphatic carbocycles. The van der Waals surface area contributed by atoms with Crippen molar-refractivity contribution in [2.45, 2.75) is 43.8 Å². The molecule has 0 saturated carbocycles. The minimum Gasteiger partial charge on any atom is -0.496 e. The normalized spacial score (nSPS) is 22.3. The van der Waals surface area contributed by atoms with Gasteiger partial charge < -0.3 is 24.0 Å². The second kappa shape index (κ2) is 9.70. The van der Waals surface area contributed by atoms with Gasteiger partial charge in [-0.25, -0.2) is 9.59 Å². The number of anilines is 1. The molecule has 3 aliphatic heterocycles. The number of carbonyl (C=O) groups is 3. The Hall–Kier alpha value is -3.39. The van der Waals surface area contributed by atoms with Crippen molar-refractivity contribution in [2.75, 3.05) is 38.2 Å². The molecule has 5 rings (SSSR count). The molecule has 3 aliphatic rings. The lowest BCUT2D eigenvalue weighted by Crippen LogP contribution is -2.55. The van der Waals surface area contributed by atoms with Gasteiger partial charge in [0.25, 0.3) is 0 Å². The van der Waals surface area contributed by atoms with Crippen LogP contribution >= 0.6 is 0 Å². The van der Waals surface area contributed by atoms with Crippen LogP contribution in [0.15, 0.2) is 48.5 Å². The van der Waals surface area contributed by atoms with Gasteiger partial charge in [0.05, 0.1) is 7.11 Å². The third-order valence-corrected chi connectivity index (χ3v) is 7.20. The fourth-order valence-corrected chi connectivity index (χ4v) is 5.49. The number of methoxy groups -OCH3 is 1. The van der Waals surface area contributed by atoms with Gasteiger partial charge in [0.15, 0.2) is 0 Å². The molecule has 0 radical (unpaired) electrons. The SMILES string of the molecule is COc1ccccc1C1CCCN(CCc2ccccc2N2CCCC3(OC(=O)C(=O)O3)C2=O)C1. The van der Waals surface area contributed by atoms with E-state index in [1.165, 1.54) is 5.56 Å². The van der Waals surface area contributed by atoms with Gasteiger partial charge in [0.1, 0.15) is 5.75 Å². The average molecular weight is 479 g/mol. The van der Waals surface area contributed by atoms with E-state index in [0.29, 0.717) is 18.9 Å². The summed E-state index contributed by atoms with van der Waals surface area (Å²) in [7, 11) is 1.72. The number of likely N-dealkylation sites (tertiary alicyclic amines) is 1. The molecule has 2 aromatic rings. The molecule has 1 spiro atoms. The van der Waals surface area contributed by atoms with E-state index in [2.05, 4.69) is 17.0 Å². The van der Waals surface area contributed by atoms with E-state index >= 15 is 0 Å². The van der Waals surface area contributed by atoms with Gasteiger partial charge in [-0.15, -0.1) is 0 Å². The van der Waals surface area contributed by atoms with Gasteiger partial charge >= 0.3 is 23.6 Å². The third kappa shape index (κ3) is 4.50. The van der Waals surface area contributed by atoms with Crippen LogP contribution in [0.1, 0.15) is 42.7 Å². The summed E-state index contributed by atoms with van der Waals surface area (Å²) in [5, 5.41) is 0. The van der Waals surface area contributed by atoms with E-state index in [-0.39, 0.29) is 6.42 Å². The molecule has 184 valence electrons. The Kier molecular flexibility index (Phi) is 6.47. The Morgan fingerprint density at radius 2 is 1.71 bits per heavy atom. The van der Waals surface area contributed by atoms with E-state index in [4.69, 9.17) is 14.2 Å². The molecule has 0 aromatic heterocycles. The molecule has 0 N–H and O–H groups in total. The predicted molar refractivity (Wildman–Crippen MR) is 128 cm³/mol. The monoisotopic (exact) mass is 478 g/mol. The van der Waals surface area contributed by atoms with Crippen molar-refractivity contribution < 1.29 is 28.6 Å². The van der Waals surface area contributed by atoms with E-state index in [9.17, 15) is 14.4 Å². The molecule has 0 bridgehead atoms. The first kappa shape index (κ1) is 23.4. The van der Waals surface area contributed by atoms with Crippen LogP contribution in [0.25, 0.3) is 0 Å². The standard InChI is InChI=1S/C27H30N2O6/c1-33-23-12-5-3-10-21(23)20-9-6-15-28(18-20)17-13-19-8-2-4-11-22(19)29-16-7-14-27(26(29)32)34-24(30)25(31)35-27/h2-5,8,10-12,20H,6-7,9,13-18H2,1H3. The van der Waals surface area contributed by atoms with Crippen LogP contribution in [-0.2, 0) is 30.3 Å². The summed E-state index contributed by atoms with van der Waals surface area (Å²) in [5.74, 6) is -3.18. The summed E-state index contributed by atoms with van der Waals surface area (Å²) in [4.78, 5) is 40.7. The predicted octanol–water partition coefficient (Wildman–Crippen LogP) is 3.04. The van der Waals surface area contributed by atoms with Crippen LogP contribution in [0, 0.1) is 0 Å². The van der Waals surface area contributed by atoms with Crippen molar-refractivity contribution in [3.63, 3.8) is 0 Å². The Morgan fingerprint density at radius 1 is 0.971 bits per heavy atom. The molecule has 1 atom stereocenters. The highest BCUT2D eigenvalue weighted by atomic mass is 16.8. The third-order valence-electron chi connectivity index (χ3n) is 7.20. The van der Waals surface area contributed by atoms with E-state index in [1.807, 2.05) is 36.4 Å². The maximum absolute atomic E-state index is 13.3. The van der Waals surface area contributed by atoms with Crippen LogP contribution in [-0.4, -0.2) is 61.8 Å². The molecule has 3 saturated heterocycles. The second-order valence-corrected chi connectivity index (χ2v) is 9.35.